The maximum absolute atomic E-state index is 13.3. The summed E-state index contributed by atoms with van der Waals surface area (Å²) in [6.07, 6.45) is -2.84. The van der Waals surface area contributed by atoms with Crippen LogP contribution in [-0.2, 0) is 15.7 Å². The normalized spacial score (nSPS) is 25.4. The molecule has 3 aliphatic rings. The zero-order chi connectivity index (χ0) is 21.8. The number of rotatable bonds is 4. The van der Waals surface area contributed by atoms with Gasteiger partial charge in [0.1, 0.15) is 11.7 Å². The molecular weight excluding hydrogens is 417 g/mol. The average molecular weight is 440 g/mol. The Morgan fingerprint density at radius 3 is 2.58 bits per heavy atom. The van der Waals surface area contributed by atoms with Gasteiger partial charge in [0.25, 0.3) is 5.91 Å². The molecule has 3 heterocycles. The van der Waals surface area contributed by atoms with Crippen LogP contribution in [0, 0.1) is 0 Å². The monoisotopic (exact) mass is 440 g/mol. The van der Waals surface area contributed by atoms with E-state index in [1.165, 1.54) is 6.07 Å². The second-order valence-corrected chi connectivity index (χ2v) is 8.53. The molecule has 168 valence electrons. The number of halogens is 3. The van der Waals surface area contributed by atoms with Crippen molar-refractivity contribution in [2.45, 2.75) is 43.2 Å². The highest BCUT2D eigenvalue weighted by Gasteiger charge is 2.49. The number of aliphatic hydroxyl groups is 1. The fraction of sp³-hybridized carbons (Fsp3) is 0.571. The molecule has 1 aromatic carbocycles. The topological polar surface area (TPSA) is 84.2 Å². The standard InChI is InChI=1S/C21H23F3N2O5/c22-21(23,24)12-1-2-16-15(7-12)17-18(31-16)19(28)25-20(4-5-20)11-26(17)6-3-13-9-30-14(8-27)10-29-13/h1-2,7,13-14,27H,3-6,8-11H2,(H,25,28)/t13-,14+/m1/s1. The molecule has 1 amide bonds. The van der Waals surface area contributed by atoms with Gasteiger partial charge >= 0.3 is 6.18 Å². The Hall–Kier alpha value is -2.30. The summed E-state index contributed by atoms with van der Waals surface area (Å²) in [5.41, 5.74) is -0.521. The first-order valence-corrected chi connectivity index (χ1v) is 10.3. The number of hydrogen-bond donors (Lipinski definition) is 2. The second kappa shape index (κ2) is 7.39. The number of benzene rings is 1. The van der Waals surface area contributed by atoms with E-state index in [-0.39, 0.29) is 41.1 Å². The number of furan rings is 1. The molecule has 2 aliphatic heterocycles. The third kappa shape index (κ3) is 3.88. The van der Waals surface area contributed by atoms with Crippen molar-refractivity contribution in [2.24, 2.45) is 0 Å². The molecule has 1 aliphatic carbocycles. The van der Waals surface area contributed by atoms with Crippen LogP contribution in [0.4, 0.5) is 18.9 Å². The molecule has 0 radical (unpaired) electrons. The van der Waals surface area contributed by atoms with E-state index in [2.05, 4.69) is 5.32 Å². The van der Waals surface area contributed by atoms with Crippen molar-refractivity contribution in [3.63, 3.8) is 0 Å². The van der Waals surface area contributed by atoms with Gasteiger partial charge in [-0.05, 0) is 37.5 Å². The number of fused-ring (bicyclic) bond motifs is 3. The summed E-state index contributed by atoms with van der Waals surface area (Å²) in [4.78, 5) is 14.7. The number of nitrogens with one attached hydrogen (secondary N) is 1. The van der Waals surface area contributed by atoms with E-state index >= 15 is 0 Å². The van der Waals surface area contributed by atoms with E-state index in [1.807, 2.05) is 4.90 Å². The predicted octanol–water partition coefficient (Wildman–Crippen LogP) is 2.70. The Bertz CT molecular complexity index is 993. The SMILES string of the molecule is O=C1NC2(CC2)CN(CC[C@@H]2CO[C@@H](CO)CO2)c2c1oc1ccc(C(F)(F)F)cc21. The smallest absolute Gasteiger partial charge is 0.416 e. The van der Waals surface area contributed by atoms with Gasteiger partial charge in [-0.3, -0.25) is 4.79 Å². The van der Waals surface area contributed by atoms with Crippen molar-refractivity contribution < 1.29 is 37.0 Å². The summed E-state index contributed by atoms with van der Waals surface area (Å²) in [5.74, 6) is -0.359. The molecule has 2 atom stereocenters. The number of anilines is 1. The third-order valence-electron chi connectivity index (χ3n) is 6.20. The Morgan fingerprint density at radius 2 is 1.94 bits per heavy atom. The number of aliphatic hydroxyl groups excluding tert-OH is 1. The number of amides is 1. The summed E-state index contributed by atoms with van der Waals surface area (Å²) >= 11 is 0. The highest BCUT2D eigenvalue weighted by Crippen LogP contribution is 2.45. The van der Waals surface area contributed by atoms with Gasteiger partial charge in [0.15, 0.2) is 0 Å². The van der Waals surface area contributed by atoms with Gasteiger partial charge in [-0.2, -0.15) is 13.2 Å². The van der Waals surface area contributed by atoms with Crippen molar-refractivity contribution in [3.05, 3.63) is 29.5 Å². The molecule has 5 rings (SSSR count). The van der Waals surface area contributed by atoms with Crippen molar-refractivity contribution in [2.75, 3.05) is 37.8 Å². The summed E-state index contributed by atoms with van der Waals surface area (Å²) < 4.78 is 57.0. The molecule has 1 saturated carbocycles. The molecule has 31 heavy (non-hydrogen) atoms. The largest absolute Gasteiger partial charge is 0.449 e. The predicted molar refractivity (Wildman–Crippen MR) is 104 cm³/mol. The van der Waals surface area contributed by atoms with Gasteiger partial charge in [0.2, 0.25) is 5.76 Å². The first kappa shape index (κ1) is 20.6. The van der Waals surface area contributed by atoms with Crippen molar-refractivity contribution in [1.82, 2.24) is 5.32 Å². The molecule has 0 unspecified atom stereocenters. The van der Waals surface area contributed by atoms with Crippen molar-refractivity contribution >= 4 is 22.6 Å². The Morgan fingerprint density at radius 1 is 1.19 bits per heavy atom. The number of nitrogens with zero attached hydrogens (tertiary/aromatic N) is 1. The van der Waals surface area contributed by atoms with Crippen molar-refractivity contribution in [3.8, 4) is 0 Å². The molecule has 1 spiro atoms. The third-order valence-corrected chi connectivity index (χ3v) is 6.20. The average Bonchev–Trinajstić information content (AvgIpc) is 3.40. The van der Waals surface area contributed by atoms with Gasteiger partial charge in [-0.1, -0.05) is 0 Å². The van der Waals surface area contributed by atoms with Crippen LogP contribution >= 0.6 is 0 Å². The lowest BCUT2D eigenvalue weighted by Gasteiger charge is -2.32. The van der Waals surface area contributed by atoms with E-state index < -0.39 is 17.6 Å². The number of carbonyl (C=O) groups excluding carboxylic acids is 1. The lowest BCUT2D eigenvalue weighted by atomic mass is 10.1. The number of ether oxygens (including phenoxy) is 2. The van der Waals surface area contributed by atoms with E-state index in [0.717, 1.165) is 25.0 Å². The van der Waals surface area contributed by atoms with Crippen LogP contribution < -0.4 is 10.2 Å². The van der Waals surface area contributed by atoms with E-state index in [1.54, 1.807) is 0 Å². The summed E-state index contributed by atoms with van der Waals surface area (Å²) in [7, 11) is 0. The Labute approximate surface area is 176 Å². The molecule has 10 heteroatoms. The summed E-state index contributed by atoms with van der Waals surface area (Å²) in [6.45, 7) is 1.47. The molecular formula is C21H23F3N2O5. The number of alkyl halides is 3. The van der Waals surface area contributed by atoms with Gasteiger partial charge in [0, 0.05) is 18.5 Å². The molecule has 2 fully saturated rings. The van der Waals surface area contributed by atoms with Crippen LogP contribution in [0.15, 0.2) is 22.6 Å². The van der Waals surface area contributed by atoms with Crippen LogP contribution in [0.1, 0.15) is 35.4 Å². The Kier molecular flexibility index (Phi) is 4.91. The van der Waals surface area contributed by atoms with Gasteiger partial charge in [0.05, 0.1) is 42.7 Å². The summed E-state index contributed by atoms with van der Waals surface area (Å²) in [6, 6.07) is 3.27. The quantitative estimate of drug-likeness (QED) is 0.761. The Balaban J connectivity index is 1.47. The first-order chi connectivity index (χ1) is 14.8. The maximum atomic E-state index is 13.3. The molecule has 1 aromatic heterocycles. The van der Waals surface area contributed by atoms with Crippen LogP contribution in [-0.4, -0.2) is 61.7 Å². The molecule has 1 saturated heterocycles. The zero-order valence-electron chi connectivity index (χ0n) is 16.7. The lowest BCUT2D eigenvalue weighted by Crippen LogP contribution is -2.44. The van der Waals surface area contributed by atoms with E-state index in [9.17, 15) is 18.0 Å². The lowest BCUT2D eigenvalue weighted by molar-refractivity contribution is -0.145. The van der Waals surface area contributed by atoms with E-state index in [0.29, 0.717) is 38.4 Å². The second-order valence-electron chi connectivity index (χ2n) is 8.53. The minimum absolute atomic E-state index is 0.0410. The van der Waals surface area contributed by atoms with Gasteiger partial charge in [-0.25, -0.2) is 0 Å². The molecule has 0 bridgehead atoms. The number of hydrogen-bond acceptors (Lipinski definition) is 6. The number of carbonyl (C=O) groups is 1. The zero-order valence-corrected chi connectivity index (χ0v) is 16.7. The fourth-order valence-corrected chi connectivity index (χ4v) is 4.29. The van der Waals surface area contributed by atoms with Gasteiger partial charge in [-0.15, -0.1) is 0 Å². The first-order valence-electron chi connectivity index (χ1n) is 10.3. The molecule has 7 nitrogen and oxygen atoms in total. The highest BCUT2D eigenvalue weighted by molar-refractivity contribution is 6.08. The van der Waals surface area contributed by atoms with Crippen LogP contribution in [0.2, 0.25) is 0 Å². The van der Waals surface area contributed by atoms with Crippen LogP contribution in [0.5, 0.6) is 0 Å². The molecule has 2 aromatic rings. The van der Waals surface area contributed by atoms with Crippen LogP contribution in [0.25, 0.3) is 11.0 Å². The van der Waals surface area contributed by atoms with Crippen molar-refractivity contribution in [1.29, 1.82) is 0 Å². The fourth-order valence-electron chi connectivity index (χ4n) is 4.29. The molecule has 2 N–H and O–H groups in total. The van der Waals surface area contributed by atoms with Gasteiger partial charge < -0.3 is 29.2 Å². The van der Waals surface area contributed by atoms with E-state index in [4.69, 9.17) is 19.0 Å². The minimum Gasteiger partial charge on any atom is -0.449 e. The maximum Gasteiger partial charge on any atom is 0.416 e. The highest BCUT2D eigenvalue weighted by atomic mass is 19.4. The summed E-state index contributed by atoms with van der Waals surface area (Å²) in [5, 5.41) is 12.4. The minimum atomic E-state index is -4.50. The van der Waals surface area contributed by atoms with Crippen LogP contribution in [0.3, 0.4) is 0 Å².